The normalized spacial score (nSPS) is 13.3. The lowest BCUT2D eigenvalue weighted by Gasteiger charge is -2.15. The molecular weight excluding hydrogens is 176 g/mol. The second-order valence-corrected chi connectivity index (χ2v) is 4.69. The van der Waals surface area contributed by atoms with Crippen LogP contribution >= 0.6 is 11.8 Å². The third-order valence-corrected chi connectivity index (χ3v) is 3.39. The molecule has 1 unspecified atom stereocenters. The van der Waals surface area contributed by atoms with Crippen LogP contribution in [0.5, 0.6) is 0 Å². The van der Waals surface area contributed by atoms with Gasteiger partial charge in [0.1, 0.15) is 0 Å². The maximum Gasteiger partial charge on any atom is 0.00693 e. The first kappa shape index (κ1) is 10.6. The molecule has 0 aromatic heterocycles. The van der Waals surface area contributed by atoms with E-state index in [1.165, 1.54) is 10.5 Å². The molecule has 0 aliphatic heterocycles. The fraction of sp³-hybridized carbons (Fsp3) is 0.500. The van der Waals surface area contributed by atoms with Gasteiger partial charge in [0.25, 0.3) is 0 Å². The molecule has 0 radical (unpaired) electrons. The average Bonchev–Trinajstić information content (AvgIpc) is 2.17. The molecule has 0 bridgehead atoms. The van der Waals surface area contributed by atoms with Crippen LogP contribution in [0.25, 0.3) is 0 Å². The first-order valence-corrected chi connectivity index (χ1v) is 6.01. The smallest absolute Gasteiger partial charge is 0.00693 e. The lowest BCUT2D eigenvalue weighted by Crippen LogP contribution is -2.01. The Bertz CT molecular complexity index is 248. The third-order valence-electron chi connectivity index (χ3n) is 2.64. The van der Waals surface area contributed by atoms with E-state index in [0.717, 1.165) is 5.92 Å². The number of rotatable bonds is 3. The highest BCUT2D eigenvalue weighted by atomic mass is 32.2. The molecule has 0 spiro atoms. The van der Waals surface area contributed by atoms with Gasteiger partial charge in [-0.05, 0) is 35.8 Å². The fourth-order valence-electron chi connectivity index (χ4n) is 1.29. The van der Waals surface area contributed by atoms with Gasteiger partial charge in [0, 0.05) is 4.90 Å². The van der Waals surface area contributed by atoms with E-state index in [1.807, 2.05) is 0 Å². The highest BCUT2D eigenvalue weighted by Crippen LogP contribution is 2.25. The van der Waals surface area contributed by atoms with Crippen LogP contribution in [0.4, 0.5) is 0 Å². The fourth-order valence-corrected chi connectivity index (χ4v) is 1.70. The lowest BCUT2D eigenvalue weighted by molar-refractivity contribution is 0.535. The SMILES string of the molecule is CSc1ccc(C(C)C(C)C)cc1. The molecule has 0 N–H and O–H groups in total. The van der Waals surface area contributed by atoms with Crippen LogP contribution in [0, 0.1) is 5.92 Å². The first-order chi connectivity index (χ1) is 6.15. The molecule has 0 saturated carbocycles. The van der Waals surface area contributed by atoms with E-state index in [9.17, 15) is 0 Å². The standard InChI is InChI=1S/C12H18S/c1-9(2)10(3)11-5-7-12(13-4)8-6-11/h5-10H,1-4H3. The Morgan fingerprint density at radius 1 is 1.00 bits per heavy atom. The minimum Gasteiger partial charge on any atom is -0.130 e. The molecule has 13 heavy (non-hydrogen) atoms. The Balaban J connectivity index is 2.79. The molecule has 1 aromatic rings. The highest BCUT2D eigenvalue weighted by Gasteiger charge is 2.08. The zero-order chi connectivity index (χ0) is 9.84. The number of hydrogen-bond acceptors (Lipinski definition) is 1. The van der Waals surface area contributed by atoms with Crippen molar-refractivity contribution < 1.29 is 0 Å². The van der Waals surface area contributed by atoms with Crippen LogP contribution in [0.15, 0.2) is 29.2 Å². The summed E-state index contributed by atoms with van der Waals surface area (Å²) in [6.07, 6.45) is 2.11. The van der Waals surface area contributed by atoms with Crippen LogP contribution in [0.3, 0.4) is 0 Å². The van der Waals surface area contributed by atoms with Crippen molar-refractivity contribution in [2.45, 2.75) is 31.6 Å². The van der Waals surface area contributed by atoms with Crippen LogP contribution in [-0.4, -0.2) is 6.26 Å². The minimum atomic E-state index is 0.663. The van der Waals surface area contributed by atoms with Crippen molar-refractivity contribution in [3.63, 3.8) is 0 Å². The Labute approximate surface area is 85.7 Å². The Morgan fingerprint density at radius 3 is 1.92 bits per heavy atom. The van der Waals surface area contributed by atoms with Crippen molar-refractivity contribution in [2.24, 2.45) is 5.92 Å². The molecule has 0 nitrogen and oxygen atoms in total. The lowest BCUT2D eigenvalue weighted by atomic mass is 9.90. The summed E-state index contributed by atoms with van der Waals surface area (Å²) < 4.78 is 0. The third kappa shape index (κ3) is 2.77. The summed E-state index contributed by atoms with van der Waals surface area (Å²) in [4.78, 5) is 1.35. The summed E-state index contributed by atoms with van der Waals surface area (Å²) >= 11 is 1.80. The van der Waals surface area contributed by atoms with Crippen molar-refractivity contribution in [3.8, 4) is 0 Å². The molecule has 1 rings (SSSR count). The first-order valence-electron chi connectivity index (χ1n) is 4.79. The van der Waals surface area contributed by atoms with Crippen molar-refractivity contribution in [2.75, 3.05) is 6.26 Å². The van der Waals surface area contributed by atoms with E-state index in [4.69, 9.17) is 0 Å². The van der Waals surface area contributed by atoms with Gasteiger partial charge >= 0.3 is 0 Å². The topological polar surface area (TPSA) is 0 Å². The van der Waals surface area contributed by atoms with E-state index in [2.05, 4.69) is 51.3 Å². The zero-order valence-electron chi connectivity index (χ0n) is 8.87. The summed E-state index contributed by atoms with van der Waals surface area (Å²) in [6, 6.07) is 8.91. The monoisotopic (exact) mass is 194 g/mol. The van der Waals surface area contributed by atoms with E-state index in [1.54, 1.807) is 11.8 Å². The van der Waals surface area contributed by atoms with Gasteiger partial charge in [-0.1, -0.05) is 32.9 Å². The molecule has 72 valence electrons. The molecule has 1 heteroatoms. The van der Waals surface area contributed by atoms with E-state index in [-0.39, 0.29) is 0 Å². The van der Waals surface area contributed by atoms with Gasteiger partial charge in [-0.2, -0.15) is 0 Å². The predicted octanol–water partition coefficient (Wildman–Crippen LogP) is 4.17. The van der Waals surface area contributed by atoms with E-state index < -0.39 is 0 Å². The van der Waals surface area contributed by atoms with Crippen LogP contribution in [-0.2, 0) is 0 Å². The molecule has 0 amide bonds. The van der Waals surface area contributed by atoms with Gasteiger partial charge < -0.3 is 0 Å². The maximum atomic E-state index is 2.29. The summed E-state index contributed by atoms with van der Waals surface area (Å²) in [5, 5.41) is 0. The average molecular weight is 194 g/mol. The summed E-state index contributed by atoms with van der Waals surface area (Å²) in [5.74, 6) is 1.39. The molecular formula is C12H18S. The molecule has 0 aliphatic carbocycles. The summed E-state index contributed by atoms with van der Waals surface area (Å²) in [7, 11) is 0. The highest BCUT2D eigenvalue weighted by molar-refractivity contribution is 7.98. The molecule has 0 saturated heterocycles. The predicted molar refractivity (Wildman–Crippen MR) is 61.5 cm³/mol. The quantitative estimate of drug-likeness (QED) is 0.651. The van der Waals surface area contributed by atoms with Crippen LogP contribution < -0.4 is 0 Å². The molecule has 0 fully saturated rings. The number of thioether (sulfide) groups is 1. The summed E-state index contributed by atoms with van der Waals surface area (Å²) in [6.45, 7) is 6.83. The molecule has 0 heterocycles. The van der Waals surface area contributed by atoms with Gasteiger partial charge in [-0.3, -0.25) is 0 Å². The van der Waals surface area contributed by atoms with Gasteiger partial charge in [-0.15, -0.1) is 11.8 Å². The number of benzene rings is 1. The van der Waals surface area contributed by atoms with E-state index in [0.29, 0.717) is 5.92 Å². The molecule has 1 atom stereocenters. The van der Waals surface area contributed by atoms with Crippen LogP contribution in [0.2, 0.25) is 0 Å². The maximum absolute atomic E-state index is 2.29. The van der Waals surface area contributed by atoms with Crippen molar-refractivity contribution in [3.05, 3.63) is 29.8 Å². The Hall–Kier alpha value is -0.430. The minimum absolute atomic E-state index is 0.663. The van der Waals surface area contributed by atoms with Crippen molar-refractivity contribution >= 4 is 11.8 Å². The van der Waals surface area contributed by atoms with Gasteiger partial charge in [0.15, 0.2) is 0 Å². The van der Waals surface area contributed by atoms with Gasteiger partial charge in [-0.25, -0.2) is 0 Å². The second-order valence-electron chi connectivity index (χ2n) is 3.81. The van der Waals surface area contributed by atoms with E-state index >= 15 is 0 Å². The largest absolute Gasteiger partial charge is 0.130 e. The van der Waals surface area contributed by atoms with Crippen molar-refractivity contribution in [1.29, 1.82) is 0 Å². The summed E-state index contributed by atoms with van der Waals surface area (Å²) in [5.41, 5.74) is 1.45. The Kier molecular flexibility index (Phi) is 3.86. The van der Waals surface area contributed by atoms with Crippen LogP contribution in [0.1, 0.15) is 32.3 Å². The second kappa shape index (κ2) is 4.71. The number of hydrogen-bond donors (Lipinski definition) is 0. The molecule has 0 aliphatic rings. The van der Waals surface area contributed by atoms with Crippen molar-refractivity contribution in [1.82, 2.24) is 0 Å². The van der Waals surface area contributed by atoms with Gasteiger partial charge in [0.05, 0.1) is 0 Å². The Morgan fingerprint density at radius 2 is 1.54 bits per heavy atom. The molecule has 1 aromatic carbocycles. The zero-order valence-corrected chi connectivity index (χ0v) is 9.69. The van der Waals surface area contributed by atoms with Gasteiger partial charge in [0.2, 0.25) is 0 Å².